The summed E-state index contributed by atoms with van der Waals surface area (Å²) in [7, 11) is 0. The number of rotatable bonds is 2. The molecule has 18 heavy (non-hydrogen) atoms. The first-order chi connectivity index (χ1) is 8.28. The summed E-state index contributed by atoms with van der Waals surface area (Å²) in [5.41, 5.74) is -0.557. The van der Waals surface area contributed by atoms with E-state index in [1.165, 1.54) is 0 Å². The SMILES string of the molecule is CC1CC(C=O)CC(CO)N1C(=O)OC(C)(C)C. The van der Waals surface area contributed by atoms with Crippen LogP contribution in [0.3, 0.4) is 0 Å². The smallest absolute Gasteiger partial charge is 0.410 e. The van der Waals surface area contributed by atoms with E-state index in [4.69, 9.17) is 4.74 Å². The van der Waals surface area contributed by atoms with Gasteiger partial charge in [-0.15, -0.1) is 0 Å². The van der Waals surface area contributed by atoms with E-state index in [0.29, 0.717) is 12.8 Å². The second-order valence-corrected chi connectivity index (χ2v) is 5.94. The molecule has 1 aliphatic rings. The standard InChI is InChI=1S/C13H23NO4/c1-9-5-10(7-15)6-11(8-16)14(9)12(17)18-13(2,3)4/h7,9-11,16H,5-6,8H2,1-4H3. The molecule has 1 rings (SSSR count). The van der Waals surface area contributed by atoms with Gasteiger partial charge in [0, 0.05) is 12.0 Å². The number of nitrogens with zero attached hydrogens (tertiary/aromatic N) is 1. The quantitative estimate of drug-likeness (QED) is 0.763. The van der Waals surface area contributed by atoms with Crippen LogP contribution in [-0.4, -0.2) is 46.7 Å². The highest BCUT2D eigenvalue weighted by Gasteiger charge is 2.38. The number of hydrogen-bond acceptors (Lipinski definition) is 4. The Balaban J connectivity index is 2.78. The van der Waals surface area contributed by atoms with Crippen molar-refractivity contribution in [3.05, 3.63) is 0 Å². The monoisotopic (exact) mass is 257 g/mol. The van der Waals surface area contributed by atoms with Crippen LogP contribution in [0.1, 0.15) is 40.5 Å². The summed E-state index contributed by atoms with van der Waals surface area (Å²) >= 11 is 0. The zero-order chi connectivity index (χ0) is 13.9. The van der Waals surface area contributed by atoms with Crippen LogP contribution < -0.4 is 0 Å². The van der Waals surface area contributed by atoms with Crippen molar-refractivity contribution in [1.82, 2.24) is 4.90 Å². The van der Waals surface area contributed by atoms with E-state index in [2.05, 4.69) is 0 Å². The molecule has 0 aromatic rings. The minimum atomic E-state index is -0.557. The first-order valence-electron chi connectivity index (χ1n) is 6.36. The van der Waals surface area contributed by atoms with Gasteiger partial charge in [-0.05, 0) is 40.5 Å². The number of carbonyl (C=O) groups excluding carboxylic acids is 2. The van der Waals surface area contributed by atoms with Gasteiger partial charge in [0.15, 0.2) is 0 Å². The highest BCUT2D eigenvalue weighted by atomic mass is 16.6. The molecular formula is C13H23NO4. The van der Waals surface area contributed by atoms with Crippen molar-refractivity contribution in [2.45, 2.75) is 58.2 Å². The van der Waals surface area contributed by atoms with Crippen LogP contribution in [0.2, 0.25) is 0 Å². The van der Waals surface area contributed by atoms with E-state index in [1.54, 1.807) is 4.90 Å². The zero-order valence-corrected chi connectivity index (χ0v) is 11.5. The molecule has 0 aromatic heterocycles. The highest BCUT2D eigenvalue weighted by molar-refractivity contribution is 5.69. The fourth-order valence-electron chi connectivity index (χ4n) is 2.39. The van der Waals surface area contributed by atoms with Gasteiger partial charge in [-0.25, -0.2) is 4.79 Å². The van der Waals surface area contributed by atoms with Crippen LogP contribution >= 0.6 is 0 Å². The highest BCUT2D eigenvalue weighted by Crippen LogP contribution is 2.28. The van der Waals surface area contributed by atoms with Crippen molar-refractivity contribution in [3.8, 4) is 0 Å². The maximum Gasteiger partial charge on any atom is 0.410 e. The molecule has 5 nitrogen and oxygen atoms in total. The Labute approximate surface area is 108 Å². The normalized spacial score (nSPS) is 28.9. The van der Waals surface area contributed by atoms with E-state index in [9.17, 15) is 14.7 Å². The van der Waals surface area contributed by atoms with Crippen molar-refractivity contribution in [2.75, 3.05) is 6.61 Å². The summed E-state index contributed by atoms with van der Waals surface area (Å²) in [6.45, 7) is 7.15. The summed E-state index contributed by atoms with van der Waals surface area (Å²) in [6.07, 6.45) is 1.62. The van der Waals surface area contributed by atoms with Crippen molar-refractivity contribution < 1.29 is 19.4 Å². The molecule has 1 fully saturated rings. The number of aldehydes is 1. The number of amides is 1. The van der Waals surface area contributed by atoms with Crippen molar-refractivity contribution >= 4 is 12.4 Å². The molecule has 3 unspecified atom stereocenters. The van der Waals surface area contributed by atoms with Gasteiger partial charge >= 0.3 is 6.09 Å². The molecule has 0 aliphatic carbocycles. The number of likely N-dealkylation sites (tertiary alicyclic amines) is 1. The average Bonchev–Trinajstić information content (AvgIpc) is 2.24. The average molecular weight is 257 g/mol. The minimum absolute atomic E-state index is 0.0872. The predicted molar refractivity (Wildman–Crippen MR) is 67.2 cm³/mol. The third-order valence-electron chi connectivity index (χ3n) is 3.09. The Kier molecular flexibility index (Phi) is 4.73. The zero-order valence-electron chi connectivity index (χ0n) is 11.5. The fraction of sp³-hybridized carbons (Fsp3) is 0.846. The second-order valence-electron chi connectivity index (χ2n) is 5.94. The second kappa shape index (κ2) is 5.69. The van der Waals surface area contributed by atoms with Crippen LogP contribution in [0.5, 0.6) is 0 Å². The van der Waals surface area contributed by atoms with Crippen molar-refractivity contribution in [2.24, 2.45) is 5.92 Å². The summed E-state index contributed by atoms with van der Waals surface area (Å²) in [4.78, 5) is 24.5. The van der Waals surface area contributed by atoms with Gasteiger partial charge in [0.05, 0.1) is 12.6 Å². The molecular weight excluding hydrogens is 234 g/mol. The molecule has 0 bridgehead atoms. The Hall–Kier alpha value is -1.10. The minimum Gasteiger partial charge on any atom is -0.444 e. The summed E-state index contributed by atoms with van der Waals surface area (Å²) < 4.78 is 5.34. The summed E-state index contributed by atoms with van der Waals surface area (Å²) in [6, 6.07) is -0.431. The van der Waals surface area contributed by atoms with Crippen molar-refractivity contribution in [3.63, 3.8) is 0 Å². The van der Waals surface area contributed by atoms with E-state index in [1.807, 2.05) is 27.7 Å². The van der Waals surface area contributed by atoms with Gasteiger partial charge in [0.2, 0.25) is 0 Å². The van der Waals surface area contributed by atoms with E-state index in [-0.39, 0.29) is 24.6 Å². The van der Waals surface area contributed by atoms with Gasteiger partial charge in [-0.2, -0.15) is 0 Å². The number of hydrogen-bond donors (Lipinski definition) is 1. The van der Waals surface area contributed by atoms with Gasteiger partial charge < -0.3 is 19.5 Å². The number of ether oxygens (including phenoxy) is 1. The molecule has 1 aliphatic heterocycles. The van der Waals surface area contributed by atoms with Gasteiger partial charge in [0.1, 0.15) is 11.9 Å². The molecule has 0 spiro atoms. The lowest BCUT2D eigenvalue weighted by Gasteiger charge is -2.42. The fourth-order valence-corrected chi connectivity index (χ4v) is 2.39. The summed E-state index contributed by atoms with van der Waals surface area (Å²) in [5, 5.41) is 9.37. The van der Waals surface area contributed by atoms with E-state index >= 15 is 0 Å². The number of piperidine rings is 1. The van der Waals surface area contributed by atoms with Gasteiger partial charge in [-0.1, -0.05) is 0 Å². The maximum atomic E-state index is 12.1. The van der Waals surface area contributed by atoms with Gasteiger partial charge in [-0.3, -0.25) is 0 Å². The molecule has 1 heterocycles. The lowest BCUT2D eigenvalue weighted by molar-refractivity contribution is -0.114. The Morgan fingerprint density at radius 1 is 1.44 bits per heavy atom. The first kappa shape index (κ1) is 15.0. The van der Waals surface area contributed by atoms with Crippen molar-refractivity contribution in [1.29, 1.82) is 0 Å². The molecule has 104 valence electrons. The number of aliphatic hydroxyl groups excluding tert-OH is 1. The topological polar surface area (TPSA) is 66.8 Å². The van der Waals surface area contributed by atoms with Crippen LogP contribution in [0, 0.1) is 5.92 Å². The molecule has 0 saturated carbocycles. The molecule has 5 heteroatoms. The molecule has 1 amide bonds. The van der Waals surface area contributed by atoms with Crippen LogP contribution in [0.4, 0.5) is 4.79 Å². The number of aliphatic hydroxyl groups is 1. The lowest BCUT2D eigenvalue weighted by atomic mass is 9.88. The Bertz CT molecular complexity index is 311. The summed E-state index contributed by atoms with van der Waals surface area (Å²) in [5.74, 6) is -0.0872. The lowest BCUT2D eigenvalue weighted by Crippen LogP contribution is -2.54. The largest absolute Gasteiger partial charge is 0.444 e. The first-order valence-corrected chi connectivity index (χ1v) is 6.36. The molecule has 1 saturated heterocycles. The third kappa shape index (κ3) is 3.70. The van der Waals surface area contributed by atoms with Crippen LogP contribution in [0.15, 0.2) is 0 Å². The molecule has 1 N–H and O–H groups in total. The maximum absolute atomic E-state index is 12.1. The Morgan fingerprint density at radius 2 is 2.06 bits per heavy atom. The third-order valence-corrected chi connectivity index (χ3v) is 3.09. The molecule has 0 radical (unpaired) electrons. The van der Waals surface area contributed by atoms with Crippen LogP contribution in [0.25, 0.3) is 0 Å². The Morgan fingerprint density at radius 3 is 2.50 bits per heavy atom. The van der Waals surface area contributed by atoms with E-state index < -0.39 is 11.7 Å². The van der Waals surface area contributed by atoms with Crippen LogP contribution in [-0.2, 0) is 9.53 Å². The molecule has 3 atom stereocenters. The van der Waals surface area contributed by atoms with Gasteiger partial charge in [0.25, 0.3) is 0 Å². The predicted octanol–water partition coefficient (Wildman–Crippen LogP) is 1.58. The number of carbonyl (C=O) groups is 2. The van der Waals surface area contributed by atoms with E-state index in [0.717, 1.165) is 6.29 Å². The molecule has 0 aromatic carbocycles.